The molecule has 6 heteroatoms. The normalized spacial score (nSPS) is 11.4. The molecule has 140 valence electrons. The second-order valence-electron chi connectivity index (χ2n) is 5.91. The van der Waals surface area contributed by atoms with Crippen LogP contribution in [-0.4, -0.2) is 39.9 Å². The van der Waals surface area contributed by atoms with Crippen molar-refractivity contribution in [1.82, 2.24) is 5.32 Å². The molecule has 6 nitrogen and oxygen atoms in total. The molecule has 0 aliphatic heterocycles. The van der Waals surface area contributed by atoms with Gasteiger partial charge < -0.3 is 24.3 Å². The molecule has 0 heterocycles. The standard InChI is InChI=1S/C20H25NO5/c1-13-6-8-16(9-7-13)26-12-14(2)21-20(22)15-10-17(23-3)19(25-5)18(11-15)24-4/h6-11,14H,12H2,1-5H3,(H,21,22)/t14-/m1/s1. The fourth-order valence-corrected chi connectivity index (χ4v) is 2.42. The molecule has 2 aromatic rings. The van der Waals surface area contributed by atoms with Crippen LogP contribution in [0.3, 0.4) is 0 Å². The summed E-state index contributed by atoms with van der Waals surface area (Å²) in [4.78, 5) is 12.5. The molecule has 0 aliphatic carbocycles. The van der Waals surface area contributed by atoms with Gasteiger partial charge in [0.25, 0.3) is 5.91 Å². The van der Waals surface area contributed by atoms with Crippen LogP contribution in [0.1, 0.15) is 22.8 Å². The van der Waals surface area contributed by atoms with E-state index >= 15 is 0 Å². The minimum atomic E-state index is -0.246. The molecule has 1 N–H and O–H groups in total. The molecular weight excluding hydrogens is 334 g/mol. The first kappa shape index (κ1) is 19.4. The Hall–Kier alpha value is -2.89. The first-order chi connectivity index (χ1) is 12.5. The summed E-state index contributed by atoms with van der Waals surface area (Å²) in [6.45, 7) is 4.26. The average molecular weight is 359 g/mol. The van der Waals surface area contributed by atoms with Crippen molar-refractivity contribution in [3.8, 4) is 23.0 Å². The third-order valence-corrected chi connectivity index (χ3v) is 3.83. The van der Waals surface area contributed by atoms with E-state index in [1.165, 1.54) is 26.9 Å². The number of carbonyl (C=O) groups excluding carboxylic acids is 1. The summed E-state index contributed by atoms with van der Waals surface area (Å²) >= 11 is 0. The van der Waals surface area contributed by atoms with E-state index in [2.05, 4.69) is 5.32 Å². The molecule has 2 rings (SSSR count). The molecule has 0 spiro atoms. The highest BCUT2D eigenvalue weighted by atomic mass is 16.5. The second kappa shape index (κ2) is 8.99. The maximum atomic E-state index is 12.5. The highest BCUT2D eigenvalue weighted by Gasteiger charge is 2.18. The maximum absolute atomic E-state index is 12.5. The van der Waals surface area contributed by atoms with Gasteiger partial charge in [-0.25, -0.2) is 0 Å². The summed E-state index contributed by atoms with van der Waals surface area (Å²) in [6, 6.07) is 10.8. The molecule has 0 bridgehead atoms. The molecule has 0 unspecified atom stereocenters. The lowest BCUT2D eigenvalue weighted by atomic mass is 10.1. The zero-order valence-corrected chi connectivity index (χ0v) is 15.8. The van der Waals surface area contributed by atoms with Gasteiger partial charge in [-0.15, -0.1) is 0 Å². The highest BCUT2D eigenvalue weighted by molar-refractivity contribution is 5.95. The summed E-state index contributed by atoms with van der Waals surface area (Å²) in [5.41, 5.74) is 1.59. The van der Waals surface area contributed by atoms with Crippen molar-refractivity contribution in [2.45, 2.75) is 19.9 Å². The molecule has 0 radical (unpaired) electrons. The van der Waals surface area contributed by atoms with Gasteiger partial charge in [-0.2, -0.15) is 0 Å². The molecule has 0 aliphatic rings. The Morgan fingerprint density at radius 1 is 1.00 bits per heavy atom. The van der Waals surface area contributed by atoms with Gasteiger partial charge in [0.1, 0.15) is 12.4 Å². The topological polar surface area (TPSA) is 66.0 Å². The Balaban J connectivity index is 2.03. The maximum Gasteiger partial charge on any atom is 0.251 e. The SMILES string of the molecule is COc1cc(C(=O)N[C@H](C)COc2ccc(C)cc2)cc(OC)c1OC. The molecule has 0 aromatic heterocycles. The Morgan fingerprint density at radius 2 is 1.58 bits per heavy atom. The van der Waals surface area contributed by atoms with Crippen molar-refractivity contribution in [3.63, 3.8) is 0 Å². The number of carbonyl (C=O) groups is 1. The Bertz CT molecular complexity index is 717. The predicted molar refractivity (Wildman–Crippen MR) is 99.7 cm³/mol. The third kappa shape index (κ3) is 4.81. The molecule has 0 saturated carbocycles. The van der Waals surface area contributed by atoms with E-state index in [4.69, 9.17) is 18.9 Å². The van der Waals surface area contributed by atoms with Gasteiger partial charge in [0.2, 0.25) is 5.75 Å². The average Bonchev–Trinajstić information content (AvgIpc) is 2.66. The zero-order valence-electron chi connectivity index (χ0n) is 15.8. The van der Waals surface area contributed by atoms with E-state index in [9.17, 15) is 4.79 Å². The van der Waals surface area contributed by atoms with Crippen LogP contribution in [0.4, 0.5) is 0 Å². The van der Waals surface area contributed by atoms with Crippen LogP contribution in [0.15, 0.2) is 36.4 Å². The first-order valence-corrected chi connectivity index (χ1v) is 8.28. The molecule has 2 aromatic carbocycles. The fraction of sp³-hybridized carbons (Fsp3) is 0.350. The fourth-order valence-electron chi connectivity index (χ4n) is 2.42. The van der Waals surface area contributed by atoms with Crippen LogP contribution in [-0.2, 0) is 0 Å². The van der Waals surface area contributed by atoms with Gasteiger partial charge >= 0.3 is 0 Å². The van der Waals surface area contributed by atoms with Crippen molar-refractivity contribution in [2.75, 3.05) is 27.9 Å². The smallest absolute Gasteiger partial charge is 0.251 e. The van der Waals surface area contributed by atoms with E-state index < -0.39 is 0 Å². The predicted octanol–water partition coefficient (Wildman–Crippen LogP) is 3.22. The number of aryl methyl sites for hydroxylation is 1. The number of ether oxygens (including phenoxy) is 4. The second-order valence-corrected chi connectivity index (χ2v) is 5.91. The van der Waals surface area contributed by atoms with Crippen LogP contribution in [0.5, 0.6) is 23.0 Å². The van der Waals surface area contributed by atoms with E-state index in [-0.39, 0.29) is 11.9 Å². The lowest BCUT2D eigenvalue weighted by Gasteiger charge is -2.17. The molecular formula is C20H25NO5. The van der Waals surface area contributed by atoms with E-state index in [0.717, 1.165) is 5.75 Å². The van der Waals surface area contributed by atoms with Gasteiger partial charge in [0, 0.05) is 5.56 Å². The van der Waals surface area contributed by atoms with Crippen LogP contribution < -0.4 is 24.3 Å². The van der Waals surface area contributed by atoms with Crippen molar-refractivity contribution in [3.05, 3.63) is 47.5 Å². The molecule has 1 atom stereocenters. The number of hydrogen-bond donors (Lipinski definition) is 1. The molecule has 0 saturated heterocycles. The Morgan fingerprint density at radius 3 is 2.08 bits per heavy atom. The minimum absolute atomic E-state index is 0.178. The Labute approximate surface area is 154 Å². The van der Waals surface area contributed by atoms with Gasteiger partial charge in [-0.05, 0) is 38.1 Å². The number of methoxy groups -OCH3 is 3. The summed E-state index contributed by atoms with van der Waals surface area (Å²) in [7, 11) is 4.54. The molecule has 0 fully saturated rings. The van der Waals surface area contributed by atoms with Crippen LogP contribution in [0.2, 0.25) is 0 Å². The van der Waals surface area contributed by atoms with Crippen molar-refractivity contribution < 1.29 is 23.7 Å². The summed E-state index contributed by atoms with van der Waals surface area (Å²) in [5, 5.41) is 2.90. The summed E-state index contributed by atoms with van der Waals surface area (Å²) in [6.07, 6.45) is 0. The van der Waals surface area contributed by atoms with Crippen molar-refractivity contribution in [1.29, 1.82) is 0 Å². The Kier molecular flexibility index (Phi) is 6.72. The number of amides is 1. The van der Waals surface area contributed by atoms with Gasteiger partial charge in [0.05, 0.1) is 27.4 Å². The lowest BCUT2D eigenvalue weighted by Crippen LogP contribution is -2.36. The van der Waals surface area contributed by atoms with Gasteiger partial charge in [-0.3, -0.25) is 4.79 Å². The monoisotopic (exact) mass is 359 g/mol. The largest absolute Gasteiger partial charge is 0.493 e. The summed E-state index contributed by atoms with van der Waals surface area (Å²) < 4.78 is 21.5. The van der Waals surface area contributed by atoms with E-state index in [1.807, 2.05) is 38.1 Å². The lowest BCUT2D eigenvalue weighted by molar-refractivity contribution is 0.0926. The van der Waals surface area contributed by atoms with Gasteiger partial charge in [0.15, 0.2) is 11.5 Å². The summed E-state index contributed by atoms with van der Waals surface area (Å²) in [5.74, 6) is 1.83. The molecule has 1 amide bonds. The van der Waals surface area contributed by atoms with Crippen molar-refractivity contribution >= 4 is 5.91 Å². The molecule has 26 heavy (non-hydrogen) atoms. The van der Waals surface area contributed by atoms with Crippen LogP contribution in [0.25, 0.3) is 0 Å². The number of benzene rings is 2. The van der Waals surface area contributed by atoms with Gasteiger partial charge in [-0.1, -0.05) is 17.7 Å². The third-order valence-electron chi connectivity index (χ3n) is 3.83. The highest BCUT2D eigenvalue weighted by Crippen LogP contribution is 2.38. The number of nitrogens with one attached hydrogen (secondary N) is 1. The minimum Gasteiger partial charge on any atom is -0.493 e. The van der Waals surface area contributed by atoms with Crippen LogP contribution >= 0.6 is 0 Å². The quantitative estimate of drug-likeness (QED) is 0.784. The zero-order chi connectivity index (χ0) is 19.1. The van der Waals surface area contributed by atoms with E-state index in [1.54, 1.807) is 12.1 Å². The van der Waals surface area contributed by atoms with Crippen molar-refractivity contribution in [2.24, 2.45) is 0 Å². The number of hydrogen-bond acceptors (Lipinski definition) is 5. The number of rotatable bonds is 8. The van der Waals surface area contributed by atoms with E-state index in [0.29, 0.717) is 29.4 Å². The first-order valence-electron chi connectivity index (χ1n) is 8.28. The van der Waals surface area contributed by atoms with Crippen LogP contribution in [0, 0.1) is 6.92 Å².